The van der Waals surface area contributed by atoms with Crippen LogP contribution in [-0.4, -0.2) is 21.8 Å². The molecular weight excluding hydrogens is 344 g/mol. The zero-order valence-corrected chi connectivity index (χ0v) is 13.9. The first-order valence-corrected chi connectivity index (χ1v) is 8.05. The van der Waals surface area contributed by atoms with E-state index in [9.17, 15) is 19.8 Å². The van der Waals surface area contributed by atoms with Crippen LogP contribution in [0.2, 0.25) is 0 Å². The van der Waals surface area contributed by atoms with Gasteiger partial charge in [-0.25, -0.2) is 0 Å². The SMILES string of the molecule is N#Cc1cccc(Nc2ccc3c(c2)C(=O)c2c(O)ccc(O)c2C3=O)c1. The van der Waals surface area contributed by atoms with Crippen molar-refractivity contribution in [1.82, 2.24) is 0 Å². The molecule has 27 heavy (non-hydrogen) atoms. The van der Waals surface area contributed by atoms with E-state index in [0.29, 0.717) is 16.9 Å². The summed E-state index contributed by atoms with van der Waals surface area (Å²) in [5, 5.41) is 32.1. The first-order chi connectivity index (χ1) is 13.0. The van der Waals surface area contributed by atoms with E-state index >= 15 is 0 Å². The zero-order chi connectivity index (χ0) is 19.1. The molecule has 0 spiro atoms. The molecule has 0 fully saturated rings. The monoisotopic (exact) mass is 356 g/mol. The van der Waals surface area contributed by atoms with E-state index in [4.69, 9.17) is 5.26 Å². The molecule has 0 bridgehead atoms. The second-order valence-corrected chi connectivity index (χ2v) is 6.09. The van der Waals surface area contributed by atoms with Gasteiger partial charge in [-0.1, -0.05) is 6.07 Å². The van der Waals surface area contributed by atoms with Gasteiger partial charge >= 0.3 is 0 Å². The predicted molar refractivity (Wildman–Crippen MR) is 97.5 cm³/mol. The van der Waals surface area contributed by atoms with Crippen molar-refractivity contribution < 1.29 is 19.8 Å². The van der Waals surface area contributed by atoms with Gasteiger partial charge in [-0.15, -0.1) is 0 Å². The summed E-state index contributed by atoms with van der Waals surface area (Å²) in [7, 11) is 0. The van der Waals surface area contributed by atoms with Gasteiger partial charge in [0.15, 0.2) is 11.6 Å². The number of ketones is 2. The van der Waals surface area contributed by atoms with E-state index in [2.05, 4.69) is 5.32 Å². The fraction of sp³-hybridized carbons (Fsp3) is 0. The van der Waals surface area contributed by atoms with Crippen LogP contribution in [0.15, 0.2) is 54.6 Å². The minimum atomic E-state index is -0.539. The Bertz CT molecular complexity index is 1180. The number of nitrogens with zero attached hydrogens (tertiary/aromatic N) is 1. The summed E-state index contributed by atoms with van der Waals surface area (Å²) in [4.78, 5) is 25.5. The molecule has 3 N–H and O–H groups in total. The zero-order valence-electron chi connectivity index (χ0n) is 13.9. The largest absolute Gasteiger partial charge is 0.507 e. The average Bonchev–Trinajstić information content (AvgIpc) is 2.68. The number of nitriles is 1. The van der Waals surface area contributed by atoms with Crippen LogP contribution in [0.4, 0.5) is 11.4 Å². The number of aromatic hydroxyl groups is 2. The minimum Gasteiger partial charge on any atom is -0.507 e. The predicted octanol–water partition coefficient (Wildman–Crippen LogP) is 3.49. The van der Waals surface area contributed by atoms with Crippen molar-refractivity contribution in [2.24, 2.45) is 0 Å². The fourth-order valence-electron chi connectivity index (χ4n) is 3.15. The van der Waals surface area contributed by atoms with E-state index in [1.54, 1.807) is 30.3 Å². The van der Waals surface area contributed by atoms with Gasteiger partial charge in [0.2, 0.25) is 0 Å². The molecule has 0 unspecified atom stereocenters. The number of benzene rings is 3. The summed E-state index contributed by atoms with van der Waals surface area (Å²) in [6.07, 6.45) is 0. The Labute approximate surface area is 153 Å². The van der Waals surface area contributed by atoms with Gasteiger partial charge in [-0.3, -0.25) is 9.59 Å². The number of phenolic OH excluding ortho intramolecular Hbond substituents is 2. The smallest absolute Gasteiger partial charge is 0.198 e. The van der Waals surface area contributed by atoms with Crippen LogP contribution in [0.5, 0.6) is 11.5 Å². The highest BCUT2D eigenvalue weighted by molar-refractivity contribution is 6.30. The third-order valence-electron chi connectivity index (χ3n) is 4.40. The molecule has 3 aromatic carbocycles. The number of phenols is 2. The molecule has 4 rings (SSSR count). The van der Waals surface area contributed by atoms with Gasteiger partial charge in [0.1, 0.15) is 11.5 Å². The van der Waals surface area contributed by atoms with E-state index in [1.165, 1.54) is 24.3 Å². The van der Waals surface area contributed by atoms with Crippen LogP contribution in [0, 0.1) is 11.3 Å². The fourth-order valence-corrected chi connectivity index (χ4v) is 3.15. The van der Waals surface area contributed by atoms with Gasteiger partial charge in [-0.2, -0.15) is 5.26 Å². The highest BCUT2D eigenvalue weighted by Crippen LogP contribution is 2.38. The van der Waals surface area contributed by atoms with Crippen LogP contribution >= 0.6 is 0 Å². The van der Waals surface area contributed by atoms with Crippen molar-refractivity contribution in [3.05, 3.63) is 82.4 Å². The standard InChI is InChI=1S/C21H12N2O4/c22-10-11-2-1-3-12(8-11)23-13-4-5-14-15(9-13)21(27)19-17(25)7-6-16(24)18(19)20(14)26/h1-9,23-25H. The lowest BCUT2D eigenvalue weighted by Gasteiger charge is -2.20. The number of anilines is 2. The van der Waals surface area contributed by atoms with Crippen LogP contribution in [-0.2, 0) is 0 Å². The Balaban J connectivity index is 1.78. The van der Waals surface area contributed by atoms with Gasteiger partial charge in [0.25, 0.3) is 0 Å². The van der Waals surface area contributed by atoms with Crippen LogP contribution < -0.4 is 5.32 Å². The average molecular weight is 356 g/mol. The van der Waals surface area contributed by atoms with Crippen LogP contribution in [0.1, 0.15) is 37.4 Å². The third-order valence-corrected chi connectivity index (χ3v) is 4.40. The van der Waals surface area contributed by atoms with Gasteiger partial charge in [0, 0.05) is 22.5 Å². The summed E-state index contributed by atoms with van der Waals surface area (Å²) in [6.45, 7) is 0. The number of rotatable bonds is 2. The molecule has 3 aromatic rings. The molecule has 0 amide bonds. The Kier molecular flexibility index (Phi) is 3.64. The Morgan fingerprint density at radius 1 is 0.778 bits per heavy atom. The topological polar surface area (TPSA) is 110 Å². The van der Waals surface area contributed by atoms with Crippen LogP contribution in [0.25, 0.3) is 0 Å². The molecule has 0 saturated heterocycles. The summed E-state index contributed by atoms with van der Waals surface area (Å²) >= 11 is 0. The van der Waals surface area contributed by atoms with E-state index in [0.717, 1.165) is 0 Å². The van der Waals surface area contributed by atoms with E-state index < -0.39 is 11.6 Å². The molecular formula is C21H12N2O4. The molecule has 1 aliphatic rings. The third kappa shape index (κ3) is 2.58. The van der Waals surface area contributed by atoms with Crippen LogP contribution in [0.3, 0.4) is 0 Å². The molecule has 0 aliphatic heterocycles. The highest BCUT2D eigenvalue weighted by Gasteiger charge is 2.34. The molecule has 0 aromatic heterocycles. The lowest BCUT2D eigenvalue weighted by atomic mass is 9.83. The lowest BCUT2D eigenvalue weighted by Crippen LogP contribution is -2.21. The molecule has 0 saturated carbocycles. The maximum absolute atomic E-state index is 12.8. The number of nitrogens with one attached hydrogen (secondary N) is 1. The van der Waals surface area contributed by atoms with Gasteiger partial charge < -0.3 is 15.5 Å². The van der Waals surface area contributed by atoms with E-state index in [1.807, 2.05) is 6.07 Å². The highest BCUT2D eigenvalue weighted by atomic mass is 16.3. The number of hydrogen-bond donors (Lipinski definition) is 3. The van der Waals surface area contributed by atoms with Crippen molar-refractivity contribution in [3.8, 4) is 17.6 Å². The second-order valence-electron chi connectivity index (χ2n) is 6.09. The van der Waals surface area contributed by atoms with Gasteiger partial charge in [-0.05, 0) is 48.5 Å². The Morgan fingerprint density at radius 2 is 1.41 bits per heavy atom. The number of carbonyl (C=O) groups excluding carboxylic acids is 2. The number of fused-ring (bicyclic) bond motifs is 2. The molecule has 6 heteroatoms. The van der Waals surface area contributed by atoms with E-state index in [-0.39, 0.29) is 33.8 Å². The summed E-state index contributed by atoms with van der Waals surface area (Å²) in [5.41, 5.74) is 1.60. The first-order valence-electron chi connectivity index (χ1n) is 8.05. The minimum absolute atomic E-state index is 0.134. The maximum Gasteiger partial charge on any atom is 0.198 e. The molecule has 0 atom stereocenters. The first kappa shape index (κ1) is 16.4. The Hall–Kier alpha value is -4.11. The van der Waals surface area contributed by atoms with Crippen molar-refractivity contribution in [1.29, 1.82) is 5.26 Å². The number of hydrogen-bond acceptors (Lipinski definition) is 6. The summed E-state index contributed by atoms with van der Waals surface area (Å²) < 4.78 is 0. The van der Waals surface area contributed by atoms with Gasteiger partial charge in [0.05, 0.1) is 22.8 Å². The van der Waals surface area contributed by atoms with Crippen molar-refractivity contribution >= 4 is 22.9 Å². The molecule has 1 aliphatic carbocycles. The molecule has 6 nitrogen and oxygen atoms in total. The Morgan fingerprint density at radius 3 is 2.07 bits per heavy atom. The maximum atomic E-state index is 12.8. The van der Waals surface area contributed by atoms with Crippen molar-refractivity contribution in [3.63, 3.8) is 0 Å². The van der Waals surface area contributed by atoms with Crippen molar-refractivity contribution in [2.45, 2.75) is 0 Å². The quantitative estimate of drug-likeness (QED) is 0.474. The summed E-state index contributed by atoms with van der Waals surface area (Å²) in [6, 6.07) is 15.9. The van der Waals surface area contributed by atoms with Crippen molar-refractivity contribution in [2.75, 3.05) is 5.32 Å². The lowest BCUT2D eigenvalue weighted by molar-refractivity contribution is 0.0974. The molecule has 0 radical (unpaired) electrons. The summed E-state index contributed by atoms with van der Waals surface area (Å²) in [5.74, 6) is -1.76. The number of carbonyl (C=O) groups is 2. The second kappa shape index (κ2) is 6.00. The normalized spacial score (nSPS) is 12.1. The molecule has 130 valence electrons. The molecule has 0 heterocycles.